The van der Waals surface area contributed by atoms with Gasteiger partial charge in [0.2, 0.25) is 0 Å². The van der Waals surface area contributed by atoms with Crippen LogP contribution in [0.1, 0.15) is 11.1 Å². The summed E-state index contributed by atoms with van der Waals surface area (Å²) in [6.07, 6.45) is 3.40. The van der Waals surface area contributed by atoms with Gasteiger partial charge in [0.1, 0.15) is 0 Å². The Morgan fingerprint density at radius 2 is 1.11 bits per heavy atom. The fraction of sp³-hybridized carbons (Fsp3) is 0. The van der Waals surface area contributed by atoms with E-state index < -0.39 is 7.37 Å². The first kappa shape index (κ1) is 13.5. The molecule has 0 amide bonds. The third-order valence-electron chi connectivity index (χ3n) is 2.96. The molecule has 0 aliphatic rings. The Morgan fingerprint density at radius 3 is 1.37 bits per heavy atom. The van der Waals surface area contributed by atoms with Crippen molar-refractivity contribution < 1.29 is 9.46 Å². The minimum atomic E-state index is -3.53. The highest BCUT2D eigenvalue weighted by atomic mass is 31.2. The fourth-order valence-corrected chi connectivity index (χ4v) is 3.18. The maximum absolute atomic E-state index is 12.5. The molecular weight excluding hydrogens is 255 g/mol. The van der Waals surface area contributed by atoms with Crippen molar-refractivity contribution in [1.82, 2.24) is 0 Å². The van der Waals surface area contributed by atoms with Gasteiger partial charge in [-0.3, -0.25) is 4.57 Å². The van der Waals surface area contributed by atoms with Crippen molar-refractivity contribution in [3.05, 3.63) is 72.8 Å². The van der Waals surface area contributed by atoms with E-state index in [-0.39, 0.29) is 0 Å². The van der Waals surface area contributed by atoms with Gasteiger partial charge in [-0.1, -0.05) is 49.6 Å². The molecule has 0 spiro atoms. The molecule has 1 N–H and O–H groups in total. The van der Waals surface area contributed by atoms with Gasteiger partial charge in [-0.05, 0) is 35.4 Å². The van der Waals surface area contributed by atoms with Gasteiger partial charge in [-0.15, -0.1) is 0 Å². The van der Waals surface area contributed by atoms with Crippen LogP contribution in [0.5, 0.6) is 0 Å². The Hall–Kier alpha value is -1.89. The molecule has 0 fully saturated rings. The fourth-order valence-electron chi connectivity index (χ4n) is 1.77. The maximum Gasteiger partial charge on any atom is 0.258 e. The highest BCUT2D eigenvalue weighted by molar-refractivity contribution is 7.73. The molecule has 0 unspecified atom stereocenters. The van der Waals surface area contributed by atoms with Gasteiger partial charge in [0.15, 0.2) is 0 Å². The van der Waals surface area contributed by atoms with Crippen LogP contribution in [0, 0.1) is 0 Å². The highest BCUT2D eigenvalue weighted by Crippen LogP contribution is 2.38. The van der Waals surface area contributed by atoms with Gasteiger partial charge < -0.3 is 4.89 Å². The van der Waals surface area contributed by atoms with Crippen molar-refractivity contribution >= 4 is 30.1 Å². The zero-order valence-corrected chi connectivity index (χ0v) is 11.4. The summed E-state index contributed by atoms with van der Waals surface area (Å²) in [5.74, 6) is 0. The van der Waals surface area contributed by atoms with E-state index in [9.17, 15) is 9.46 Å². The SMILES string of the molecule is C=Cc1ccc(P(=O)(O)c2ccc(C=C)cc2)cc1. The molecule has 0 heterocycles. The topological polar surface area (TPSA) is 37.3 Å². The lowest BCUT2D eigenvalue weighted by Gasteiger charge is -2.12. The second kappa shape index (κ2) is 5.40. The van der Waals surface area contributed by atoms with Gasteiger partial charge in [0.25, 0.3) is 7.37 Å². The minimum Gasteiger partial charge on any atom is -0.338 e. The average Bonchev–Trinajstić information content (AvgIpc) is 2.47. The largest absolute Gasteiger partial charge is 0.338 e. The average molecular weight is 270 g/mol. The smallest absolute Gasteiger partial charge is 0.258 e. The van der Waals surface area contributed by atoms with E-state index in [4.69, 9.17) is 0 Å². The molecule has 0 aliphatic carbocycles. The summed E-state index contributed by atoms with van der Waals surface area (Å²) >= 11 is 0. The van der Waals surface area contributed by atoms with Crippen molar-refractivity contribution in [3.63, 3.8) is 0 Å². The molecule has 0 bridgehead atoms. The van der Waals surface area contributed by atoms with Crippen LogP contribution in [0.2, 0.25) is 0 Å². The quantitative estimate of drug-likeness (QED) is 0.866. The van der Waals surface area contributed by atoms with Gasteiger partial charge in [0, 0.05) is 10.6 Å². The van der Waals surface area contributed by atoms with Crippen LogP contribution in [0.15, 0.2) is 61.7 Å². The molecule has 2 rings (SSSR count). The van der Waals surface area contributed by atoms with E-state index >= 15 is 0 Å². The van der Waals surface area contributed by atoms with Crippen LogP contribution >= 0.6 is 7.37 Å². The predicted molar refractivity (Wildman–Crippen MR) is 82.2 cm³/mol. The second-order valence-electron chi connectivity index (χ2n) is 4.17. The number of benzene rings is 2. The molecule has 2 aromatic carbocycles. The molecule has 96 valence electrons. The number of hydrogen-bond donors (Lipinski definition) is 1. The van der Waals surface area contributed by atoms with Crippen LogP contribution in [0.4, 0.5) is 0 Å². The van der Waals surface area contributed by atoms with Crippen molar-refractivity contribution in [2.75, 3.05) is 0 Å². The zero-order valence-electron chi connectivity index (χ0n) is 10.5. The van der Waals surface area contributed by atoms with Gasteiger partial charge >= 0.3 is 0 Å². The van der Waals surface area contributed by atoms with E-state index in [1.165, 1.54) is 0 Å². The van der Waals surface area contributed by atoms with Crippen LogP contribution in [0.25, 0.3) is 12.2 Å². The second-order valence-corrected chi connectivity index (χ2v) is 6.35. The Labute approximate surface area is 113 Å². The lowest BCUT2D eigenvalue weighted by molar-refractivity contribution is 0.501. The predicted octanol–water partition coefficient (Wildman–Crippen LogP) is 3.19. The van der Waals surface area contributed by atoms with E-state index in [0.29, 0.717) is 10.6 Å². The van der Waals surface area contributed by atoms with Crippen LogP contribution < -0.4 is 10.6 Å². The summed E-state index contributed by atoms with van der Waals surface area (Å²) < 4.78 is 12.5. The Morgan fingerprint density at radius 1 is 0.789 bits per heavy atom. The van der Waals surface area contributed by atoms with E-state index in [2.05, 4.69) is 13.2 Å². The Bertz CT molecular complexity index is 584. The molecule has 0 aliphatic heterocycles. The molecule has 0 atom stereocenters. The van der Waals surface area contributed by atoms with Gasteiger partial charge in [0.05, 0.1) is 0 Å². The molecule has 0 radical (unpaired) electrons. The normalized spacial score (nSPS) is 11.0. The standard InChI is InChI=1S/C16H15O2P/c1-3-13-5-9-15(10-6-13)19(17,18)16-11-7-14(4-2)8-12-16/h3-12H,1-2H2,(H,17,18). The minimum absolute atomic E-state index is 0.421. The van der Waals surface area contributed by atoms with Crippen molar-refractivity contribution in [1.29, 1.82) is 0 Å². The van der Waals surface area contributed by atoms with E-state index in [0.717, 1.165) is 11.1 Å². The van der Waals surface area contributed by atoms with Crippen molar-refractivity contribution in [3.8, 4) is 0 Å². The summed E-state index contributed by atoms with van der Waals surface area (Å²) in [5.41, 5.74) is 1.84. The number of hydrogen-bond acceptors (Lipinski definition) is 1. The summed E-state index contributed by atoms with van der Waals surface area (Å²) in [7, 11) is -3.53. The third kappa shape index (κ3) is 2.76. The summed E-state index contributed by atoms with van der Waals surface area (Å²) in [6, 6.07) is 13.8. The highest BCUT2D eigenvalue weighted by Gasteiger charge is 2.23. The first-order valence-electron chi connectivity index (χ1n) is 5.87. The zero-order chi connectivity index (χ0) is 13.9. The monoisotopic (exact) mass is 270 g/mol. The van der Waals surface area contributed by atoms with Gasteiger partial charge in [-0.25, -0.2) is 0 Å². The molecule has 0 aromatic heterocycles. The summed E-state index contributed by atoms with van der Waals surface area (Å²) in [5, 5.41) is 0.842. The molecular formula is C16H15O2P. The molecule has 2 nitrogen and oxygen atoms in total. The molecule has 0 saturated carbocycles. The summed E-state index contributed by atoms with van der Waals surface area (Å²) in [6.45, 7) is 7.32. The van der Waals surface area contributed by atoms with Crippen LogP contribution in [-0.4, -0.2) is 4.89 Å². The Kier molecular flexibility index (Phi) is 3.84. The van der Waals surface area contributed by atoms with Crippen molar-refractivity contribution in [2.45, 2.75) is 0 Å². The first-order chi connectivity index (χ1) is 9.07. The Balaban J connectivity index is 2.41. The first-order valence-corrected chi connectivity index (χ1v) is 7.53. The van der Waals surface area contributed by atoms with E-state index in [1.807, 2.05) is 0 Å². The van der Waals surface area contributed by atoms with Crippen LogP contribution in [-0.2, 0) is 4.57 Å². The lowest BCUT2D eigenvalue weighted by atomic mass is 10.2. The molecule has 0 saturated heterocycles. The van der Waals surface area contributed by atoms with Crippen LogP contribution in [0.3, 0.4) is 0 Å². The number of rotatable bonds is 4. The molecule has 19 heavy (non-hydrogen) atoms. The maximum atomic E-state index is 12.5. The lowest BCUT2D eigenvalue weighted by Crippen LogP contribution is -2.15. The molecule has 3 heteroatoms. The summed E-state index contributed by atoms with van der Waals surface area (Å²) in [4.78, 5) is 10.3. The molecule has 2 aromatic rings. The third-order valence-corrected chi connectivity index (χ3v) is 4.95. The van der Waals surface area contributed by atoms with Gasteiger partial charge in [-0.2, -0.15) is 0 Å². The van der Waals surface area contributed by atoms with E-state index in [1.54, 1.807) is 60.7 Å². The van der Waals surface area contributed by atoms with Crippen molar-refractivity contribution in [2.24, 2.45) is 0 Å².